The zero-order valence-electron chi connectivity index (χ0n) is 14.2. The van der Waals surface area contributed by atoms with Gasteiger partial charge in [0.05, 0.1) is 17.1 Å². The van der Waals surface area contributed by atoms with Crippen LogP contribution >= 0.6 is 23.7 Å². The topological polar surface area (TPSA) is 77.2 Å². The molecule has 1 amide bonds. The van der Waals surface area contributed by atoms with E-state index >= 15 is 0 Å². The summed E-state index contributed by atoms with van der Waals surface area (Å²) in [5.41, 5.74) is 6.94. The summed E-state index contributed by atoms with van der Waals surface area (Å²) < 4.78 is 5.40. The van der Waals surface area contributed by atoms with Crippen molar-refractivity contribution in [3.05, 3.63) is 40.3 Å². The van der Waals surface area contributed by atoms with Gasteiger partial charge in [0, 0.05) is 23.0 Å². The van der Waals surface area contributed by atoms with Crippen LogP contribution in [-0.4, -0.2) is 24.0 Å². The summed E-state index contributed by atoms with van der Waals surface area (Å²) in [6.07, 6.45) is 0.276. The Morgan fingerprint density at radius 1 is 1.29 bits per heavy atom. The van der Waals surface area contributed by atoms with Gasteiger partial charge in [0.15, 0.2) is 0 Å². The predicted octanol–water partition coefficient (Wildman–Crippen LogP) is 3.38. The lowest BCUT2D eigenvalue weighted by Crippen LogP contribution is -2.15. The number of rotatable bonds is 6. The lowest BCUT2D eigenvalue weighted by Gasteiger charge is -2.13. The predicted molar refractivity (Wildman–Crippen MR) is 101 cm³/mol. The fourth-order valence-corrected chi connectivity index (χ4v) is 2.82. The van der Waals surface area contributed by atoms with Gasteiger partial charge >= 0.3 is 0 Å². The zero-order chi connectivity index (χ0) is 16.9. The van der Waals surface area contributed by atoms with Crippen molar-refractivity contribution in [2.45, 2.75) is 32.6 Å². The van der Waals surface area contributed by atoms with Gasteiger partial charge in [-0.05, 0) is 24.3 Å². The van der Waals surface area contributed by atoms with Gasteiger partial charge in [-0.25, -0.2) is 4.98 Å². The van der Waals surface area contributed by atoms with E-state index in [9.17, 15) is 4.79 Å². The Balaban J connectivity index is 0.00000288. The summed E-state index contributed by atoms with van der Waals surface area (Å²) in [6, 6.07) is 7.24. The standard InChI is InChI=1S/C17H23N3O2S.ClH/c1-17(2,3)16-20-13(11-23-16)10-15(21)19-12-4-6-14(7-5-12)22-9-8-18;/h4-7,11H,8-10,18H2,1-3H3,(H,19,21);1H. The molecule has 1 aromatic heterocycles. The van der Waals surface area contributed by atoms with Crippen LogP contribution in [0.25, 0.3) is 0 Å². The highest BCUT2D eigenvalue weighted by Gasteiger charge is 2.18. The van der Waals surface area contributed by atoms with Gasteiger partial charge < -0.3 is 15.8 Å². The van der Waals surface area contributed by atoms with E-state index in [2.05, 4.69) is 31.1 Å². The SMILES string of the molecule is CC(C)(C)c1nc(CC(=O)Nc2ccc(OCCN)cc2)cs1.Cl. The van der Waals surface area contributed by atoms with Crippen molar-refractivity contribution >= 4 is 35.3 Å². The number of anilines is 1. The monoisotopic (exact) mass is 369 g/mol. The van der Waals surface area contributed by atoms with Crippen LogP contribution in [0.15, 0.2) is 29.6 Å². The van der Waals surface area contributed by atoms with Crippen LogP contribution in [0.1, 0.15) is 31.5 Å². The number of benzene rings is 1. The molecule has 1 heterocycles. The highest BCUT2D eigenvalue weighted by atomic mass is 35.5. The molecule has 0 saturated heterocycles. The van der Waals surface area contributed by atoms with E-state index in [1.807, 2.05) is 29.6 Å². The number of nitrogens with one attached hydrogen (secondary N) is 1. The van der Waals surface area contributed by atoms with Crippen molar-refractivity contribution < 1.29 is 9.53 Å². The minimum Gasteiger partial charge on any atom is -0.492 e. The molecule has 0 aliphatic heterocycles. The molecule has 0 spiro atoms. The summed E-state index contributed by atoms with van der Waals surface area (Å²) in [7, 11) is 0. The van der Waals surface area contributed by atoms with E-state index in [4.69, 9.17) is 10.5 Å². The second kappa shape index (κ2) is 9.01. The molecule has 0 bridgehead atoms. The first-order valence-electron chi connectivity index (χ1n) is 7.56. The van der Waals surface area contributed by atoms with Crippen molar-refractivity contribution in [3.8, 4) is 5.75 Å². The minimum absolute atomic E-state index is 0. The molecule has 0 aliphatic carbocycles. The van der Waals surface area contributed by atoms with Crippen LogP contribution in [0, 0.1) is 0 Å². The molecule has 1 aromatic carbocycles. The number of ether oxygens (including phenoxy) is 1. The molecule has 132 valence electrons. The van der Waals surface area contributed by atoms with Crippen LogP contribution < -0.4 is 15.8 Å². The number of aromatic nitrogens is 1. The number of carbonyl (C=O) groups is 1. The van der Waals surface area contributed by atoms with Crippen LogP contribution in [-0.2, 0) is 16.6 Å². The largest absolute Gasteiger partial charge is 0.492 e. The molecule has 0 fully saturated rings. The second-order valence-corrected chi connectivity index (χ2v) is 7.14. The van der Waals surface area contributed by atoms with Crippen molar-refractivity contribution in [2.75, 3.05) is 18.5 Å². The van der Waals surface area contributed by atoms with E-state index in [0.717, 1.165) is 22.1 Å². The Labute approximate surface area is 153 Å². The quantitative estimate of drug-likeness (QED) is 0.818. The van der Waals surface area contributed by atoms with E-state index < -0.39 is 0 Å². The average molecular weight is 370 g/mol. The molecular formula is C17H24ClN3O2S. The summed E-state index contributed by atoms with van der Waals surface area (Å²) >= 11 is 1.60. The molecule has 0 unspecified atom stereocenters. The highest BCUT2D eigenvalue weighted by molar-refractivity contribution is 7.09. The average Bonchev–Trinajstić information content (AvgIpc) is 2.95. The third-order valence-electron chi connectivity index (χ3n) is 3.06. The van der Waals surface area contributed by atoms with Gasteiger partial charge in [-0.1, -0.05) is 20.8 Å². The first-order valence-corrected chi connectivity index (χ1v) is 8.44. The third kappa shape index (κ3) is 6.11. The maximum Gasteiger partial charge on any atom is 0.230 e. The Kier molecular flexibility index (Phi) is 7.66. The number of nitrogens with two attached hydrogens (primary N) is 1. The van der Waals surface area contributed by atoms with Crippen LogP contribution in [0.3, 0.4) is 0 Å². The van der Waals surface area contributed by atoms with Crippen molar-refractivity contribution in [1.82, 2.24) is 4.98 Å². The molecule has 5 nitrogen and oxygen atoms in total. The van der Waals surface area contributed by atoms with Gasteiger partial charge in [-0.15, -0.1) is 23.7 Å². The van der Waals surface area contributed by atoms with Gasteiger partial charge in [0.1, 0.15) is 12.4 Å². The fourth-order valence-electron chi connectivity index (χ4n) is 1.91. The van der Waals surface area contributed by atoms with E-state index in [1.165, 1.54) is 0 Å². The maximum absolute atomic E-state index is 12.1. The zero-order valence-corrected chi connectivity index (χ0v) is 15.8. The van der Waals surface area contributed by atoms with Crippen molar-refractivity contribution in [2.24, 2.45) is 5.73 Å². The third-order valence-corrected chi connectivity index (χ3v) is 4.38. The molecule has 0 saturated carbocycles. The van der Waals surface area contributed by atoms with Crippen LogP contribution in [0.2, 0.25) is 0 Å². The number of nitrogens with zero attached hydrogens (tertiary/aromatic N) is 1. The smallest absolute Gasteiger partial charge is 0.230 e. The molecule has 0 radical (unpaired) electrons. The van der Waals surface area contributed by atoms with E-state index in [-0.39, 0.29) is 30.2 Å². The van der Waals surface area contributed by atoms with Crippen molar-refractivity contribution in [3.63, 3.8) is 0 Å². The summed E-state index contributed by atoms with van der Waals surface area (Å²) in [4.78, 5) is 16.6. The van der Waals surface area contributed by atoms with Crippen LogP contribution in [0.4, 0.5) is 5.69 Å². The first kappa shape index (κ1) is 20.4. The lowest BCUT2D eigenvalue weighted by atomic mass is 9.98. The number of thiazole rings is 1. The summed E-state index contributed by atoms with van der Waals surface area (Å²) in [6.45, 7) is 7.30. The number of hydrogen-bond acceptors (Lipinski definition) is 5. The molecule has 24 heavy (non-hydrogen) atoms. The molecular weight excluding hydrogens is 346 g/mol. The van der Waals surface area contributed by atoms with Crippen molar-refractivity contribution in [1.29, 1.82) is 0 Å². The summed E-state index contributed by atoms with van der Waals surface area (Å²) in [5, 5.41) is 5.86. The highest BCUT2D eigenvalue weighted by Crippen LogP contribution is 2.25. The molecule has 3 N–H and O–H groups in total. The van der Waals surface area contributed by atoms with Crippen LogP contribution in [0.5, 0.6) is 5.75 Å². The Hall–Kier alpha value is -1.63. The number of carbonyl (C=O) groups excluding carboxylic acids is 1. The van der Waals surface area contributed by atoms with Gasteiger partial charge in [-0.2, -0.15) is 0 Å². The van der Waals surface area contributed by atoms with Gasteiger partial charge in [-0.3, -0.25) is 4.79 Å². The molecule has 7 heteroatoms. The molecule has 0 aliphatic rings. The lowest BCUT2D eigenvalue weighted by molar-refractivity contribution is -0.115. The number of halogens is 1. The Morgan fingerprint density at radius 2 is 1.96 bits per heavy atom. The first-order chi connectivity index (χ1) is 10.9. The normalized spacial score (nSPS) is 10.8. The molecule has 2 aromatic rings. The summed E-state index contributed by atoms with van der Waals surface area (Å²) in [5.74, 6) is 0.661. The Bertz CT molecular complexity index is 651. The van der Waals surface area contributed by atoms with Gasteiger partial charge in [0.2, 0.25) is 5.91 Å². The number of amides is 1. The fraction of sp³-hybridized carbons (Fsp3) is 0.412. The molecule has 0 atom stereocenters. The minimum atomic E-state index is -0.0774. The maximum atomic E-state index is 12.1. The molecule has 2 rings (SSSR count). The van der Waals surface area contributed by atoms with E-state index in [0.29, 0.717) is 13.2 Å². The van der Waals surface area contributed by atoms with E-state index in [1.54, 1.807) is 11.3 Å². The number of hydrogen-bond donors (Lipinski definition) is 2. The second-order valence-electron chi connectivity index (χ2n) is 6.28. The van der Waals surface area contributed by atoms with Gasteiger partial charge in [0.25, 0.3) is 0 Å². The Morgan fingerprint density at radius 3 is 2.50 bits per heavy atom.